The minimum atomic E-state index is -0.357. The van der Waals surface area contributed by atoms with Crippen molar-refractivity contribution >= 4 is 22.9 Å². The van der Waals surface area contributed by atoms with Crippen LogP contribution in [0.15, 0.2) is 23.6 Å². The first-order chi connectivity index (χ1) is 8.19. The molecule has 17 heavy (non-hydrogen) atoms. The molecule has 0 bridgehead atoms. The fourth-order valence-electron chi connectivity index (χ4n) is 1.34. The van der Waals surface area contributed by atoms with E-state index in [9.17, 15) is 4.39 Å². The molecule has 0 aliphatic rings. The highest BCUT2D eigenvalue weighted by atomic mass is 35.5. The summed E-state index contributed by atoms with van der Waals surface area (Å²) in [6, 6.07) is 4.78. The molecule has 0 saturated heterocycles. The minimum Gasteiger partial charge on any atom is -0.483 e. The van der Waals surface area contributed by atoms with Crippen LogP contribution in [0.2, 0.25) is 0 Å². The van der Waals surface area contributed by atoms with Crippen LogP contribution >= 0.6 is 22.9 Å². The molecule has 1 heterocycles. The van der Waals surface area contributed by atoms with Crippen molar-refractivity contribution in [1.29, 1.82) is 0 Å². The van der Waals surface area contributed by atoms with Gasteiger partial charge in [-0.25, -0.2) is 9.37 Å². The highest BCUT2D eigenvalue weighted by molar-refractivity contribution is 7.09. The Morgan fingerprint density at radius 3 is 3.00 bits per heavy atom. The summed E-state index contributed by atoms with van der Waals surface area (Å²) in [5, 5.41) is 2.67. The molecule has 2 aromatic rings. The van der Waals surface area contributed by atoms with Crippen LogP contribution in [0.5, 0.6) is 5.75 Å². The van der Waals surface area contributed by atoms with Gasteiger partial charge in [-0.1, -0.05) is 6.07 Å². The van der Waals surface area contributed by atoms with Gasteiger partial charge in [0.25, 0.3) is 0 Å². The number of halogens is 2. The lowest BCUT2D eigenvalue weighted by atomic mass is 10.2. The minimum absolute atomic E-state index is 0.257. The molecule has 2 nitrogen and oxygen atoms in total. The number of aromatic nitrogens is 1. The van der Waals surface area contributed by atoms with E-state index >= 15 is 0 Å². The zero-order valence-electron chi connectivity index (χ0n) is 9.24. The summed E-state index contributed by atoms with van der Waals surface area (Å²) in [4.78, 5) is 4.24. The van der Waals surface area contributed by atoms with Crippen LogP contribution in [0.3, 0.4) is 0 Å². The average Bonchev–Trinajstić information content (AvgIpc) is 2.78. The maximum absolute atomic E-state index is 13.4. The largest absolute Gasteiger partial charge is 0.483 e. The molecule has 2 rings (SSSR count). The van der Waals surface area contributed by atoms with Gasteiger partial charge < -0.3 is 4.74 Å². The Kier molecular flexibility index (Phi) is 3.97. The normalized spacial score (nSPS) is 10.5. The molecule has 0 saturated carbocycles. The Bertz CT molecular complexity index is 515. The molecule has 90 valence electrons. The van der Waals surface area contributed by atoms with E-state index in [0.29, 0.717) is 5.88 Å². The quantitative estimate of drug-likeness (QED) is 0.787. The van der Waals surface area contributed by atoms with Crippen LogP contribution in [0.4, 0.5) is 4.39 Å². The molecule has 0 amide bonds. The highest BCUT2D eigenvalue weighted by Crippen LogP contribution is 2.20. The predicted octanol–water partition coefficient (Wildman–Crippen LogP) is 3.91. The first-order valence-electron chi connectivity index (χ1n) is 5.07. The van der Waals surface area contributed by atoms with Gasteiger partial charge in [0.1, 0.15) is 11.6 Å². The molecule has 0 aliphatic carbocycles. The SMILES string of the molecule is Cc1ccc(F)c(OCc2nc(CCl)cs2)c1. The summed E-state index contributed by atoms with van der Waals surface area (Å²) in [7, 11) is 0. The number of hydrogen-bond donors (Lipinski definition) is 0. The maximum atomic E-state index is 13.4. The molecule has 1 aromatic carbocycles. The van der Waals surface area contributed by atoms with Crippen molar-refractivity contribution in [2.45, 2.75) is 19.4 Å². The van der Waals surface area contributed by atoms with Gasteiger partial charge in [-0.2, -0.15) is 0 Å². The first kappa shape index (κ1) is 12.3. The molecule has 0 spiro atoms. The number of rotatable bonds is 4. The third kappa shape index (κ3) is 3.17. The summed E-state index contributed by atoms with van der Waals surface area (Å²) in [6.45, 7) is 2.16. The second-order valence-corrected chi connectivity index (χ2v) is 4.80. The molecule has 1 aromatic heterocycles. The Hall–Kier alpha value is -1.13. The lowest BCUT2D eigenvalue weighted by molar-refractivity contribution is 0.289. The van der Waals surface area contributed by atoms with Crippen LogP contribution < -0.4 is 4.74 Å². The van der Waals surface area contributed by atoms with Crippen molar-refractivity contribution in [1.82, 2.24) is 4.98 Å². The number of ether oxygens (including phenoxy) is 1. The van der Waals surface area contributed by atoms with E-state index in [4.69, 9.17) is 16.3 Å². The molecule has 0 atom stereocenters. The topological polar surface area (TPSA) is 22.1 Å². The lowest BCUT2D eigenvalue weighted by Gasteiger charge is -2.05. The number of hydrogen-bond acceptors (Lipinski definition) is 3. The van der Waals surface area contributed by atoms with Gasteiger partial charge in [0.2, 0.25) is 0 Å². The molecule has 0 unspecified atom stereocenters. The average molecular weight is 272 g/mol. The van der Waals surface area contributed by atoms with Crippen molar-refractivity contribution in [2.24, 2.45) is 0 Å². The summed E-state index contributed by atoms with van der Waals surface area (Å²) in [5.74, 6) is 0.285. The van der Waals surface area contributed by atoms with Crippen LogP contribution in [-0.2, 0) is 12.5 Å². The molecule has 0 radical (unpaired) electrons. The summed E-state index contributed by atoms with van der Waals surface area (Å²) in [6.07, 6.45) is 0. The van der Waals surface area contributed by atoms with E-state index in [-0.39, 0.29) is 18.2 Å². The Morgan fingerprint density at radius 2 is 2.29 bits per heavy atom. The zero-order valence-corrected chi connectivity index (χ0v) is 10.8. The zero-order chi connectivity index (χ0) is 12.3. The van der Waals surface area contributed by atoms with Crippen LogP contribution in [-0.4, -0.2) is 4.98 Å². The molecule has 0 aliphatic heterocycles. The third-order valence-corrected chi connectivity index (χ3v) is 3.32. The van der Waals surface area contributed by atoms with Gasteiger partial charge in [-0.15, -0.1) is 22.9 Å². The fourth-order valence-corrected chi connectivity index (χ4v) is 2.27. The monoisotopic (exact) mass is 271 g/mol. The van der Waals surface area contributed by atoms with Crippen molar-refractivity contribution in [3.63, 3.8) is 0 Å². The second kappa shape index (κ2) is 5.47. The highest BCUT2D eigenvalue weighted by Gasteiger charge is 2.06. The smallest absolute Gasteiger partial charge is 0.165 e. The predicted molar refractivity (Wildman–Crippen MR) is 67.1 cm³/mol. The van der Waals surface area contributed by atoms with E-state index in [2.05, 4.69) is 4.98 Å². The third-order valence-electron chi connectivity index (χ3n) is 2.17. The van der Waals surface area contributed by atoms with E-state index in [1.54, 1.807) is 12.1 Å². The number of thiazole rings is 1. The fraction of sp³-hybridized carbons (Fsp3) is 0.250. The van der Waals surface area contributed by atoms with Crippen molar-refractivity contribution in [3.8, 4) is 5.75 Å². The maximum Gasteiger partial charge on any atom is 0.165 e. The first-order valence-corrected chi connectivity index (χ1v) is 6.48. The number of alkyl halides is 1. The molecule has 5 heteroatoms. The van der Waals surface area contributed by atoms with E-state index in [1.165, 1.54) is 17.4 Å². The number of benzene rings is 1. The standard InChI is InChI=1S/C12H11ClFNOS/c1-8-2-3-10(14)11(4-8)16-6-12-15-9(5-13)7-17-12/h2-4,7H,5-6H2,1H3. The molecular formula is C12H11ClFNOS. The van der Waals surface area contributed by atoms with E-state index in [0.717, 1.165) is 16.3 Å². The molecule has 0 N–H and O–H groups in total. The Labute approximate surface area is 108 Å². The van der Waals surface area contributed by atoms with Gasteiger partial charge in [0.05, 0.1) is 11.6 Å². The van der Waals surface area contributed by atoms with Gasteiger partial charge in [-0.05, 0) is 24.6 Å². The van der Waals surface area contributed by atoms with Crippen molar-refractivity contribution in [2.75, 3.05) is 0 Å². The molecule has 0 fully saturated rings. The van der Waals surface area contributed by atoms with Crippen LogP contribution in [0.1, 0.15) is 16.3 Å². The van der Waals surface area contributed by atoms with E-state index < -0.39 is 0 Å². The molecular weight excluding hydrogens is 261 g/mol. The Morgan fingerprint density at radius 1 is 1.47 bits per heavy atom. The van der Waals surface area contributed by atoms with Gasteiger partial charge in [0, 0.05) is 5.38 Å². The number of aryl methyl sites for hydroxylation is 1. The summed E-state index contributed by atoms with van der Waals surface area (Å²) >= 11 is 7.11. The summed E-state index contributed by atoms with van der Waals surface area (Å²) in [5.41, 5.74) is 1.78. The van der Waals surface area contributed by atoms with Gasteiger partial charge >= 0.3 is 0 Å². The second-order valence-electron chi connectivity index (χ2n) is 3.59. The van der Waals surface area contributed by atoms with E-state index in [1.807, 2.05) is 12.3 Å². The summed E-state index contributed by atoms with van der Waals surface area (Å²) < 4.78 is 18.8. The van der Waals surface area contributed by atoms with Crippen molar-refractivity contribution < 1.29 is 9.13 Å². The van der Waals surface area contributed by atoms with Crippen LogP contribution in [0, 0.1) is 12.7 Å². The Balaban J connectivity index is 2.04. The van der Waals surface area contributed by atoms with Crippen LogP contribution in [0.25, 0.3) is 0 Å². The number of nitrogens with zero attached hydrogens (tertiary/aromatic N) is 1. The van der Waals surface area contributed by atoms with Gasteiger partial charge in [-0.3, -0.25) is 0 Å². The van der Waals surface area contributed by atoms with Gasteiger partial charge in [0.15, 0.2) is 11.6 Å². The lowest BCUT2D eigenvalue weighted by Crippen LogP contribution is -1.97. The van der Waals surface area contributed by atoms with Crippen molar-refractivity contribution in [3.05, 3.63) is 45.7 Å².